The summed E-state index contributed by atoms with van der Waals surface area (Å²) in [6.07, 6.45) is 0. The van der Waals surface area contributed by atoms with E-state index in [2.05, 4.69) is 5.32 Å². The minimum Gasteiger partial charge on any atom is -0.494 e. The van der Waals surface area contributed by atoms with E-state index >= 15 is 0 Å². The molecule has 2 aromatic rings. The zero-order valence-electron chi connectivity index (χ0n) is 11.7. The lowest BCUT2D eigenvalue weighted by atomic mass is 10.2. The average Bonchev–Trinajstić information content (AvgIpc) is 2.46. The first-order chi connectivity index (χ1) is 9.72. The van der Waals surface area contributed by atoms with Gasteiger partial charge in [0.2, 0.25) is 0 Å². The molecule has 1 N–H and O–H groups in total. The molecule has 106 valence electrons. The Balaban J connectivity index is 2.01. The quantitative estimate of drug-likeness (QED) is 0.874. The summed E-state index contributed by atoms with van der Waals surface area (Å²) in [5.74, 6) is -0.0872. The van der Waals surface area contributed by atoms with Crippen molar-refractivity contribution in [2.45, 2.75) is 13.2 Å². The van der Waals surface area contributed by atoms with Crippen LogP contribution in [0.1, 0.15) is 11.1 Å². The van der Waals surface area contributed by atoms with Crippen LogP contribution in [0.2, 0.25) is 0 Å². The summed E-state index contributed by atoms with van der Waals surface area (Å²) in [7, 11) is 3.12. The van der Waals surface area contributed by atoms with E-state index < -0.39 is 0 Å². The van der Waals surface area contributed by atoms with Crippen LogP contribution in [0.5, 0.6) is 5.75 Å². The molecular weight excluding hydrogens is 257 g/mol. The van der Waals surface area contributed by atoms with Crippen LogP contribution in [0.15, 0.2) is 42.5 Å². The van der Waals surface area contributed by atoms with Crippen molar-refractivity contribution in [3.8, 4) is 5.75 Å². The van der Waals surface area contributed by atoms with Crippen LogP contribution in [-0.4, -0.2) is 14.2 Å². The Morgan fingerprint density at radius 3 is 2.60 bits per heavy atom. The second-order valence-electron chi connectivity index (χ2n) is 4.46. The maximum atomic E-state index is 13.6. The van der Waals surface area contributed by atoms with Crippen LogP contribution in [0.3, 0.4) is 0 Å². The highest BCUT2D eigenvalue weighted by Crippen LogP contribution is 2.19. The highest BCUT2D eigenvalue weighted by atomic mass is 19.1. The average molecular weight is 275 g/mol. The topological polar surface area (TPSA) is 30.5 Å². The number of methoxy groups -OCH3 is 2. The minimum absolute atomic E-state index is 0.260. The van der Waals surface area contributed by atoms with E-state index in [1.807, 2.05) is 30.3 Å². The molecule has 0 atom stereocenters. The molecule has 0 saturated heterocycles. The van der Waals surface area contributed by atoms with E-state index in [1.165, 1.54) is 13.2 Å². The molecule has 0 fully saturated rings. The third-order valence-electron chi connectivity index (χ3n) is 2.95. The van der Waals surface area contributed by atoms with E-state index in [0.29, 0.717) is 13.2 Å². The Kier molecular flexibility index (Phi) is 4.96. The van der Waals surface area contributed by atoms with Crippen molar-refractivity contribution < 1.29 is 13.9 Å². The standard InChI is InChI=1S/C16H18FNO2/c1-19-11-13-4-3-5-14(8-13)18-10-12-6-7-16(20-2)15(17)9-12/h3-9,18H,10-11H2,1-2H3. The van der Waals surface area contributed by atoms with Gasteiger partial charge < -0.3 is 14.8 Å². The molecular formula is C16H18FNO2. The predicted octanol–water partition coefficient (Wildman–Crippen LogP) is 3.59. The Morgan fingerprint density at radius 2 is 1.90 bits per heavy atom. The van der Waals surface area contributed by atoms with Crippen LogP contribution in [0, 0.1) is 5.82 Å². The van der Waals surface area contributed by atoms with Gasteiger partial charge in [0, 0.05) is 19.3 Å². The van der Waals surface area contributed by atoms with Gasteiger partial charge in [0.1, 0.15) is 0 Å². The SMILES string of the molecule is COCc1cccc(NCc2ccc(OC)c(F)c2)c1. The molecule has 0 aliphatic carbocycles. The van der Waals surface area contributed by atoms with E-state index in [1.54, 1.807) is 13.2 Å². The summed E-state index contributed by atoms with van der Waals surface area (Å²) in [6, 6.07) is 12.9. The van der Waals surface area contributed by atoms with Crippen molar-refractivity contribution in [3.63, 3.8) is 0 Å². The molecule has 2 rings (SSSR count). The number of halogens is 1. The summed E-state index contributed by atoms with van der Waals surface area (Å²) >= 11 is 0. The second-order valence-corrected chi connectivity index (χ2v) is 4.46. The first kappa shape index (κ1) is 14.3. The van der Waals surface area contributed by atoms with Gasteiger partial charge in [-0.15, -0.1) is 0 Å². The van der Waals surface area contributed by atoms with Crippen LogP contribution in [0.25, 0.3) is 0 Å². The Labute approximate surface area is 118 Å². The highest BCUT2D eigenvalue weighted by Gasteiger charge is 2.03. The lowest BCUT2D eigenvalue weighted by molar-refractivity contribution is 0.185. The maximum absolute atomic E-state index is 13.6. The number of benzene rings is 2. The summed E-state index contributed by atoms with van der Waals surface area (Å²) in [4.78, 5) is 0. The molecule has 0 radical (unpaired) electrons. The van der Waals surface area contributed by atoms with Gasteiger partial charge in [-0.25, -0.2) is 4.39 Å². The van der Waals surface area contributed by atoms with Crippen molar-refractivity contribution in [2.75, 3.05) is 19.5 Å². The Bertz CT molecular complexity index is 572. The molecule has 0 aromatic heterocycles. The van der Waals surface area contributed by atoms with Crippen molar-refractivity contribution in [3.05, 3.63) is 59.4 Å². The molecule has 20 heavy (non-hydrogen) atoms. The number of rotatable bonds is 6. The van der Waals surface area contributed by atoms with Crippen LogP contribution >= 0.6 is 0 Å². The largest absolute Gasteiger partial charge is 0.494 e. The molecule has 0 heterocycles. The summed E-state index contributed by atoms with van der Waals surface area (Å²) in [5, 5.41) is 3.26. The van der Waals surface area contributed by atoms with Crippen LogP contribution in [-0.2, 0) is 17.9 Å². The fraction of sp³-hybridized carbons (Fsp3) is 0.250. The molecule has 3 nitrogen and oxygen atoms in total. The number of ether oxygens (including phenoxy) is 2. The monoisotopic (exact) mass is 275 g/mol. The number of hydrogen-bond acceptors (Lipinski definition) is 3. The maximum Gasteiger partial charge on any atom is 0.165 e. The first-order valence-electron chi connectivity index (χ1n) is 6.37. The highest BCUT2D eigenvalue weighted by molar-refractivity contribution is 5.46. The lowest BCUT2D eigenvalue weighted by Gasteiger charge is -2.09. The zero-order chi connectivity index (χ0) is 14.4. The molecule has 2 aromatic carbocycles. The van der Waals surface area contributed by atoms with Gasteiger partial charge >= 0.3 is 0 Å². The molecule has 0 spiro atoms. The van der Waals surface area contributed by atoms with Gasteiger partial charge in [-0.2, -0.15) is 0 Å². The van der Waals surface area contributed by atoms with Gasteiger partial charge in [0.25, 0.3) is 0 Å². The third-order valence-corrected chi connectivity index (χ3v) is 2.95. The summed E-state index contributed by atoms with van der Waals surface area (Å²) < 4.78 is 23.6. The normalized spacial score (nSPS) is 10.3. The molecule has 0 saturated carbocycles. The van der Waals surface area contributed by atoms with Crippen molar-refractivity contribution in [2.24, 2.45) is 0 Å². The number of hydrogen-bond donors (Lipinski definition) is 1. The van der Waals surface area contributed by atoms with Gasteiger partial charge in [-0.3, -0.25) is 0 Å². The number of nitrogens with one attached hydrogen (secondary N) is 1. The van der Waals surface area contributed by atoms with Gasteiger partial charge in [-0.1, -0.05) is 18.2 Å². The van der Waals surface area contributed by atoms with Gasteiger partial charge in [0.05, 0.1) is 13.7 Å². The van der Waals surface area contributed by atoms with Crippen LogP contribution in [0.4, 0.5) is 10.1 Å². The van der Waals surface area contributed by atoms with E-state index in [4.69, 9.17) is 9.47 Å². The van der Waals surface area contributed by atoms with E-state index in [0.717, 1.165) is 16.8 Å². The van der Waals surface area contributed by atoms with Crippen molar-refractivity contribution in [1.29, 1.82) is 0 Å². The minimum atomic E-state index is -0.347. The summed E-state index contributed by atoms with van der Waals surface area (Å²) in [5.41, 5.74) is 2.94. The Hall–Kier alpha value is -2.07. The fourth-order valence-electron chi connectivity index (χ4n) is 1.96. The van der Waals surface area contributed by atoms with Crippen LogP contribution < -0.4 is 10.1 Å². The molecule has 0 aliphatic rings. The van der Waals surface area contributed by atoms with E-state index in [9.17, 15) is 4.39 Å². The fourth-order valence-corrected chi connectivity index (χ4v) is 1.96. The lowest BCUT2D eigenvalue weighted by Crippen LogP contribution is -2.01. The zero-order valence-corrected chi connectivity index (χ0v) is 11.7. The molecule has 0 aliphatic heterocycles. The van der Waals surface area contributed by atoms with Gasteiger partial charge in [-0.05, 0) is 35.4 Å². The first-order valence-corrected chi connectivity index (χ1v) is 6.37. The van der Waals surface area contributed by atoms with Gasteiger partial charge in [0.15, 0.2) is 11.6 Å². The summed E-state index contributed by atoms with van der Waals surface area (Å²) in [6.45, 7) is 1.13. The predicted molar refractivity (Wildman–Crippen MR) is 77.4 cm³/mol. The van der Waals surface area contributed by atoms with Crippen molar-refractivity contribution in [1.82, 2.24) is 0 Å². The number of anilines is 1. The molecule has 0 bridgehead atoms. The molecule has 4 heteroatoms. The Morgan fingerprint density at radius 1 is 1.05 bits per heavy atom. The second kappa shape index (κ2) is 6.91. The molecule has 0 unspecified atom stereocenters. The molecule has 0 amide bonds. The smallest absolute Gasteiger partial charge is 0.165 e. The van der Waals surface area contributed by atoms with Crippen molar-refractivity contribution >= 4 is 5.69 Å². The van der Waals surface area contributed by atoms with E-state index in [-0.39, 0.29) is 11.6 Å². The third kappa shape index (κ3) is 3.71.